The highest BCUT2D eigenvalue weighted by molar-refractivity contribution is 5.94. The molecule has 0 unspecified atom stereocenters. The number of carbonyl (C=O) groups is 2. The number of carboxylic acids is 1. The second-order valence-electron chi connectivity index (χ2n) is 4.09. The number of allylic oxidation sites excluding steroid dienone is 2. The van der Waals surface area contributed by atoms with Crippen LogP contribution in [0.4, 0.5) is 5.95 Å². The maximum absolute atomic E-state index is 12.0. The summed E-state index contributed by atoms with van der Waals surface area (Å²) in [4.78, 5) is 24.2. The number of hydrogen-bond acceptors (Lipinski definition) is 5. The summed E-state index contributed by atoms with van der Waals surface area (Å²) in [6, 6.07) is 0. The van der Waals surface area contributed by atoms with Crippen molar-refractivity contribution >= 4 is 17.8 Å². The minimum atomic E-state index is -0.966. The molecule has 0 aromatic carbocycles. The number of nitrogens with zero attached hydrogens (tertiary/aromatic N) is 4. The molecule has 1 heterocycles. The number of tetrazole rings is 1. The van der Waals surface area contributed by atoms with Gasteiger partial charge in [-0.15, -0.1) is 5.10 Å². The first-order chi connectivity index (χ1) is 8.58. The van der Waals surface area contributed by atoms with Gasteiger partial charge in [0.05, 0.1) is 18.9 Å². The Balaban J connectivity index is 2.07. The summed E-state index contributed by atoms with van der Waals surface area (Å²) >= 11 is 0. The normalized spacial score (nSPS) is 22.7. The molecule has 1 aromatic rings. The number of amides is 1. The first kappa shape index (κ1) is 12.2. The van der Waals surface area contributed by atoms with E-state index in [2.05, 4.69) is 20.7 Å². The van der Waals surface area contributed by atoms with Crippen LogP contribution in [0, 0.1) is 11.8 Å². The third-order valence-electron chi connectivity index (χ3n) is 2.83. The second kappa shape index (κ2) is 4.94. The molecule has 0 saturated carbocycles. The molecule has 8 nitrogen and oxygen atoms in total. The summed E-state index contributed by atoms with van der Waals surface area (Å²) in [5.41, 5.74) is 0. The number of carboxylic acid groups (broad SMARTS) is 1. The Hall–Kier alpha value is -2.25. The van der Waals surface area contributed by atoms with Gasteiger partial charge in [0.2, 0.25) is 5.91 Å². The predicted octanol–water partition coefficient (Wildman–Crippen LogP) is -0.184. The lowest BCUT2D eigenvalue weighted by atomic mass is 9.82. The van der Waals surface area contributed by atoms with Crippen molar-refractivity contribution in [3.05, 3.63) is 12.2 Å². The smallest absolute Gasteiger partial charge is 0.307 e. The summed E-state index contributed by atoms with van der Waals surface area (Å²) in [5, 5.41) is 22.6. The summed E-state index contributed by atoms with van der Waals surface area (Å²) in [6.07, 6.45) is 4.36. The monoisotopic (exact) mass is 251 g/mol. The Labute approximate surface area is 103 Å². The van der Waals surface area contributed by atoms with E-state index in [9.17, 15) is 9.59 Å². The van der Waals surface area contributed by atoms with Crippen LogP contribution in [0.25, 0.3) is 0 Å². The molecule has 0 spiro atoms. The zero-order valence-corrected chi connectivity index (χ0v) is 9.78. The molecule has 8 heteroatoms. The minimum Gasteiger partial charge on any atom is -0.481 e. The molecule has 0 radical (unpaired) electrons. The fourth-order valence-electron chi connectivity index (χ4n) is 1.91. The van der Waals surface area contributed by atoms with Crippen LogP contribution in [-0.4, -0.2) is 37.2 Å². The molecule has 0 bridgehead atoms. The van der Waals surface area contributed by atoms with E-state index in [0.29, 0.717) is 12.8 Å². The summed E-state index contributed by atoms with van der Waals surface area (Å²) in [7, 11) is 1.58. The number of rotatable bonds is 3. The Morgan fingerprint density at radius 2 is 2.06 bits per heavy atom. The van der Waals surface area contributed by atoms with Gasteiger partial charge in [-0.05, 0) is 18.1 Å². The first-order valence-corrected chi connectivity index (χ1v) is 5.50. The van der Waals surface area contributed by atoms with Crippen molar-refractivity contribution in [3.8, 4) is 0 Å². The molecule has 1 aromatic heterocycles. The minimum absolute atomic E-state index is 0.0844. The summed E-state index contributed by atoms with van der Waals surface area (Å²) in [5.74, 6) is -2.57. The molecule has 96 valence electrons. The number of hydrogen-bond donors (Lipinski definition) is 2. The topological polar surface area (TPSA) is 110 Å². The van der Waals surface area contributed by atoms with Gasteiger partial charge < -0.3 is 5.11 Å². The highest BCUT2D eigenvalue weighted by Crippen LogP contribution is 2.26. The van der Waals surface area contributed by atoms with Crippen LogP contribution >= 0.6 is 0 Å². The van der Waals surface area contributed by atoms with Gasteiger partial charge in [-0.2, -0.15) is 4.80 Å². The maximum Gasteiger partial charge on any atom is 0.307 e. The predicted molar refractivity (Wildman–Crippen MR) is 60.4 cm³/mol. The standard InChI is InChI=1S/C10H13N5O3/c1-15-13-10(12-14-15)11-8(16)6-4-2-3-5-7(6)9(17)18/h2-3,6-7H,4-5H2,1H3,(H,17,18)(H,11,13,16)/t6-,7+/m1/s1. The van der Waals surface area contributed by atoms with E-state index in [0.717, 1.165) is 0 Å². The number of aryl methyl sites for hydroxylation is 1. The van der Waals surface area contributed by atoms with Crippen LogP contribution in [0.15, 0.2) is 12.2 Å². The van der Waals surface area contributed by atoms with Crippen molar-refractivity contribution < 1.29 is 14.7 Å². The highest BCUT2D eigenvalue weighted by atomic mass is 16.4. The Bertz CT molecular complexity index is 495. The molecular weight excluding hydrogens is 238 g/mol. The molecule has 2 atom stereocenters. The molecule has 1 aliphatic carbocycles. The van der Waals surface area contributed by atoms with Gasteiger partial charge >= 0.3 is 5.97 Å². The van der Waals surface area contributed by atoms with Gasteiger partial charge in [-0.3, -0.25) is 14.9 Å². The van der Waals surface area contributed by atoms with Gasteiger partial charge in [-0.1, -0.05) is 17.3 Å². The second-order valence-corrected chi connectivity index (χ2v) is 4.09. The SMILES string of the molecule is Cn1nnc(NC(=O)[C@@H]2CC=CC[C@@H]2C(=O)O)n1. The van der Waals surface area contributed by atoms with E-state index < -0.39 is 17.8 Å². The zero-order chi connectivity index (χ0) is 13.1. The zero-order valence-electron chi connectivity index (χ0n) is 9.78. The number of aliphatic carboxylic acids is 1. The molecule has 0 saturated heterocycles. The van der Waals surface area contributed by atoms with Crippen LogP contribution in [-0.2, 0) is 16.6 Å². The van der Waals surface area contributed by atoms with Crippen LogP contribution < -0.4 is 5.32 Å². The Morgan fingerprint density at radius 3 is 2.61 bits per heavy atom. The number of aromatic nitrogens is 4. The van der Waals surface area contributed by atoms with Crippen molar-refractivity contribution in [2.75, 3.05) is 5.32 Å². The molecule has 1 amide bonds. The van der Waals surface area contributed by atoms with E-state index in [1.807, 2.05) is 6.08 Å². The van der Waals surface area contributed by atoms with E-state index in [1.54, 1.807) is 13.1 Å². The van der Waals surface area contributed by atoms with E-state index in [-0.39, 0.29) is 11.9 Å². The first-order valence-electron chi connectivity index (χ1n) is 5.50. The molecule has 18 heavy (non-hydrogen) atoms. The summed E-state index contributed by atoms with van der Waals surface area (Å²) in [6.45, 7) is 0. The lowest BCUT2D eigenvalue weighted by Crippen LogP contribution is -2.35. The Kier molecular flexibility index (Phi) is 3.35. The van der Waals surface area contributed by atoms with Crippen molar-refractivity contribution in [1.82, 2.24) is 20.2 Å². The highest BCUT2D eigenvalue weighted by Gasteiger charge is 2.34. The van der Waals surface area contributed by atoms with Crippen LogP contribution in [0.2, 0.25) is 0 Å². The van der Waals surface area contributed by atoms with Gasteiger partial charge in [-0.25, -0.2) is 0 Å². The lowest BCUT2D eigenvalue weighted by Gasteiger charge is -2.23. The molecular formula is C10H13N5O3. The van der Waals surface area contributed by atoms with Crippen LogP contribution in [0.3, 0.4) is 0 Å². The van der Waals surface area contributed by atoms with Crippen LogP contribution in [0.1, 0.15) is 12.8 Å². The fourth-order valence-corrected chi connectivity index (χ4v) is 1.91. The average molecular weight is 251 g/mol. The van der Waals surface area contributed by atoms with E-state index in [4.69, 9.17) is 5.11 Å². The van der Waals surface area contributed by atoms with Crippen molar-refractivity contribution in [2.24, 2.45) is 18.9 Å². The average Bonchev–Trinajstić information content (AvgIpc) is 2.74. The molecule has 2 N–H and O–H groups in total. The van der Waals surface area contributed by atoms with Gasteiger partial charge in [0.1, 0.15) is 0 Å². The molecule has 0 aliphatic heterocycles. The largest absolute Gasteiger partial charge is 0.481 e. The van der Waals surface area contributed by atoms with Crippen molar-refractivity contribution in [3.63, 3.8) is 0 Å². The maximum atomic E-state index is 12.0. The van der Waals surface area contributed by atoms with Gasteiger partial charge in [0.25, 0.3) is 5.95 Å². The molecule has 2 rings (SSSR count). The number of nitrogens with one attached hydrogen (secondary N) is 1. The fraction of sp³-hybridized carbons (Fsp3) is 0.500. The number of carbonyl (C=O) groups excluding carboxylic acids is 1. The quantitative estimate of drug-likeness (QED) is 0.721. The van der Waals surface area contributed by atoms with Crippen molar-refractivity contribution in [2.45, 2.75) is 12.8 Å². The molecule has 1 aliphatic rings. The number of anilines is 1. The van der Waals surface area contributed by atoms with E-state index >= 15 is 0 Å². The lowest BCUT2D eigenvalue weighted by molar-refractivity contribution is -0.146. The summed E-state index contributed by atoms with van der Waals surface area (Å²) < 4.78 is 0. The third-order valence-corrected chi connectivity index (χ3v) is 2.83. The van der Waals surface area contributed by atoms with E-state index in [1.165, 1.54) is 4.80 Å². The molecule has 0 fully saturated rings. The van der Waals surface area contributed by atoms with Gasteiger partial charge in [0, 0.05) is 0 Å². The van der Waals surface area contributed by atoms with Crippen molar-refractivity contribution in [1.29, 1.82) is 0 Å². The van der Waals surface area contributed by atoms with Gasteiger partial charge in [0.15, 0.2) is 0 Å². The van der Waals surface area contributed by atoms with Crippen LogP contribution in [0.5, 0.6) is 0 Å². The Morgan fingerprint density at radius 1 is 1.39 bits per heavy atom. The third kappa shape index (κ3) is 2.53.